The molecule has 1 atom stereocenters. The summed E-state index contributed by atoms with van der Waals surface area (Å²) < 4.78 is 1.58. The largest absolute Gasteiger partial charge is 0.368 e. The highest BCUT2D eigenvalue weighted by Crippen LogP contribution is 2.32. The molecule has 3 heterocycles. The van der Waals surface area contributed by atoms with Gasteiger partial charge in [-0.2, -0.15) is 9.67 Å². The summed E-state index contributed by atoms with van der Waals surface area (Å²) in [6.07, 6.45) is 10.5. The van der Waals surface area contributed by atoms with Crippen LogP contribution in [0.3, 0.4) is 0 Å². The monoisotopic (exact) mass is 578 g/mol. The molecule has 40 heavy (non-hydrogen) atoms. The van der Waals surface area contributed by atoms with Crippen molar-refractivity contribution >= 4 is 42.4 Å². The van der Waals surface area contributed by atoms with Crippen molar-refractivity contribution in [2.45, 2.75) is 63.8 Å². The number of nitrogens with one attached hydrogen (secondary N) is 1. The minimum Gasteiger partial charge on any atom is -0.368 e. The zero-order chi connectivity index (χ0) is 25.5. The molecule has 2 aromatic heterocycles. The topological polar surface area (TPSA) is 97.8 Å². The SMILES string of the molecule is Cl.Cl.Nc1nc(Nc2ccc3c(c2)CC[C@@H](N2CCCC2)CC3)nn1-c1cc2c(nn1)-c1ccccc1CCC2. The van der Waals surface area contributed by atoms with E-state index in [2.05, 4.69) is 79.0 Å². The number of nitrogen functional groups attached to an aromatic ring is 1. The minimum atomic E-state index is 0. The predicted octanol–water partition coefficient (Wildman–Crippen LogP) is 5.73. The van der Waals surface area contributed by atoms with E-state index in [-0.39, 0.29) is 24.8 Å². The molecule has 1 saturated heterocycles. The van der Waals surface area contributed by atoms with Gasteiger partial charge in [-0.05, 0) is 111 Å². The van der Waals surface area contributed by atoms with Gasteiger partial charge in [-0.25, -0.2) is 0 Å². The third-order valence-electron chi connectivity index (χ3n) is 8.49. The van der Waals surface area contributed by atoms with Crippen molar-refractivity contribution in [1.82, 2.24) is 29.9 Å². The molecule has 4 aromatic rings. The second-order valence-corrected chi connectivity index (χ2v) is 10.9. The fraction of sp³-hybridized carbons (Fsp3) is 0.400. The van der Waals surface area contributed by atoms with Gasteiger partial charge in [0.15, 0.2) is 5.82 Å². The molecule has 1 fully saturated rings. The molecular weight excluding hydrogens is 543 g/mol. The van der Waals surface area contributed by atoms with Crippen LogP contribution in [0.4, 0.5) is 17.6 Å². The van der Waals surface area contributed by atoms with E-state index in [1.807, 2.05) is 0 Å². The maximum atomic E-state index is 6.29. The molecule has 0 saturated carbocycles. The van der Waals surface area contributed by atoms with Crippen LogP contribution in [0.25, 0.3) is 17.1 Å². The number of fused-ring (bicyclic) bond motifs is 4. The van der Waals surface area contributed by atoms with Crippen molar-refractivity contribution in [2.24, 2.45) is 0 Å². The van der Waals surface area contributed by atoms with Crippen molar-refractivity contribution in [3.63, 3.8) is 0 Å². The Hall–Kier alpha value is -3.20. The molecule has 10 heteroatoms. The lowest BCUT2D eigenvalue weighted by molar-refractivity contribution is 0.222. The van der Waals surface area contributed by atoms with Gasteiger partial charge in [-0.15, -0.1) is 40.1 Å². The highest BCUT2D eigenvalue weighted by molar-refractivity contribution is 5.85. The number of likely N-dealkylation sites (tertiary alicyclic amines) is 1. The number of hydrogen-bond donors (Lipinski definition) is 2. The lowest BCUT2D eigenvalue weighted by atomic mass is 10.0. The smallest absolute Gasteiger partial charge is 0.248 e. The summed E-state index contributed by atoms with van der Waals surface area (Å²) in [5.74, 6) is 1.35. The van der Waals surface area contributed by atoms with Gasteiger partial charge >= 0.3 is 0 Å². The normalized spacial score (nSPS) is 18.2. The van der Waals surface area contributed by atoms with Gasteiger partial charge < -0.3 is 16.0 Å². The minimum absolute atomic E-state index is 0. The van der Waals surface area contributed by atoms with E-state index in [0.717, 1.165) is 43.5 Å². The Balaban J connectivity index is 0.00000161. The summed E-state index contributed by atoms with van der Waals surface area (Å²) in [6.45, 7) is 2.54. The second-order valence-electron chi connectivity index (χ2n) is 10.9. The lowest BCUT2D eigenvalue weighted by Gasteiger charge is -2.25. The first-order valence-electron chi connectivity index (χ1n) is 14.0. The summed E-state index contributed by atoms with van der Waals surface area (Å²) in [7, 11) is 0. The van der Waals surface area contributed by atoms with E-state index in [1.165, 1.54) is 66.6 Å². The molecule has 0 amide bonds. The molecule has 3 aliphatic rings. The van der Waals surface area contributed by atoms with Crippen LogP contribution in [0.1, 0.15) is 54.4 Å². The highest BCUT2D eigenvalue weighted by Gasteiger charge is 2.25. The second kappa shape index (κ2) is 12.1. The Kier molecular flexibility index (Phi) is 8.59. The number of halogens is 2. The highest BCUT2D eigenvalue weighted by atomic mass is 35.5. The maximum absolute atomic E-state index is 6.29. The van der Waals surface area contributed by atoms with Gasteiger partial charge in [0, 0.05) is 17.3 Å². The van der Waals surface area contributed by atoms with Gasteiger partial charge in [0.05, 0.1) is 5.69 Å². The van der Waals surface area contributed by atoms with E-state index in [1.54, 1.807) is 4.68 Å². The molecular formula is C30H36Cl2N8. The summed E-state index contributed by atoms with van der Waals surface area (Å²) in [4.78, 5) is 7.19. The molecule has 0 bridgehead atoms. The Labute approximate surface area is 247 Å². The first-order valence-corrected chi connectivity index (χ1v) is 14.0. The average molecular weight is 580 g/mol. The summed E-state index contributed by atoms with van der Waals surface area (Å²) in [5, 5.41) is 17.1. The van der Waals surface area contributed by atoms with Gasteiger partial charge in [0.1, 0.15) is 0 Å². The molecule has 8 nitrogen and oxygen atoms in total. The van der Waals surface area contributed by atoms with E-state index < -0.39 is 0 Å². The van der Waals surface area contributed by atoms with Crippen LogP contribution < -0.4 is 11.1 Å². The fourth-order valence-electron chi connectivity index (χ4n) is 6.49. The van der Waals surface area contributed by atoms with E-state index in [4.69, 9.17) is 5.73 Å². The van der Waals surface area contributed by atoms with Crippen molar-refractivity contribution in [3.8, 4) is 17.1 Å². The number of aromatic nitrogens is 5. The fourth-order valence-corrected chi connectivity index (χ4v) is 6.49. The summed E-state index contributed by atoms with van der Waals surface area (Å²) >= 11 is 0. The number of benzene rings is 2. The number of nitrogens with zero attached hydrogens (tertiary/aromatic N) is 6. The van der Waals surface area contributed by atoms with Crippen molar-refractivity contribution < 1.29 is 0 Å². The molecule has 0 spiro atoms. The predicted molar refractivity (Wildman–Crippen MR) is 164 cm³/mol. The van der Waals surface area contributed by atoms with Crippen LogP contribution >= 0.6 is 24.8 Å². The molecule has 2 aliphatic carbocycles. The zero-order valence-electron chi connectivity index (χ0n) is 22.6. The van der Waals surface area contributed by atoms with E-state index >= 15 is 0 Å². The lowest BCUT2D eigenvalue weighted by Crippen LogP contribution is -2.32. The maximum Gasteiger partial charge on any atom is 0.248 e. The Bertz CT molecular complexity index is 1480. The van der Waals surface area contributed by atoms with Crippen LogP contribution in [-0.4, -0.2) is 49.0 Å². The first kappa shape index (κ1) is 28.3. The third-order valence-corrected chi connectivity index (χ3v) is 8.49. The summed E-state index contributed by atoms with van der Waals surface area (Å²) in [6, 6.07) is 17.9. The van der Waals surface area contributed by atoms with Gasteiger partial charge in [-0.3, -0.25) is 0 Å². The quantitative estimate of drug-likeness (QED) is 0.298. The van der Waals surface area contributed by atoms with Crippen molar-refractivity contribution in [1.29, 1.82) is 0 Å². The zero-order valence-corrected chi connectivity index (χ0v) is 24.2. The number of nitrogens with two attached hydrogens (primary N) is 1. The molecule has 2 aromatic carbocycles. The molecule has 210 valence electrons. The number of anilines is 3. The van der Waals surface area contributed by atoms with Crippen LogP contribution in [0.5, 0.6) is 0 Å². The van der Waals surface area contributed by atoms with Crippen LogP contribution in [0, 0.1) is 0 Å². The molecule has 3 N–H and O–H groups in total. The molecule has 7 rings (SSSR count). The van der Waals surface area contributed by atoms with E-state index in [0.29, 0.717) is 23.8 Å². The Morgan fingerprint density at radius 2 is 1.55 bits per heavy atom. The molecule has 1 aliphatic heterocycles. The molecule has 0 radical (unpaired) electrons. The number of hydrogen-bond acceptors (Lipinski definition) is 7. The summed E-state index contributed by atoms with van der Waals surface area (Å²) in [5.41, 5.74) is 14.8. The average Bonchev–Trinajstić information content (AvgIpc) is 3.49. The van der Waals surface area contributed by atoms with Gasteiger partial charge in [0.2, 0.25) is 11.9 Å². The first-order chi connectivity index (χ1) is 18.7. The van der Waals surface area contributed by atoms with E-state index in [9.17, 15) is 0 Å². The standard InChI is InChI=1S/C30H34N8.2ClH/c31-29-33-30(32-24-13-10-20-11-14-25(15-12-22(20)18-24)37-16-3-4-17-37)36-38(29)27-19-23-8-5-7-21-6-1-2-9-26(21)28(23)35-34-27;;/h1-2,6,9-10,13,18-19,25H,3-5,7-8,11-12,14-17H2,(H3,31,32,33,36);2*1H/t25-;;/m0../s1. The number of aryl methyl sites for hydroxylation is 4. The van der Waals surface area contributed by atoms with Gasteiger partial charge in [0.25, 0.3) is 0 Å². The third kappa shape index (κ3) is 5.53. The van der Waals surface area contributed by atoms with Crippen LogP contribution in [0.2, 0.25) is 0 Å². The van der Waals surface area contributed by atoms with Crippen LogP contribution in [-0.2, 0) is 25.7 Å². The van der Waals surface area contributed by atoms with Crippen molar-refractivity contribution in [2.75, 3.05) is 24.1 Å². The Morgan fingerprint density at radius 3 is 2.40 bits per heavy atom. The molecule has 0 unspecified atom stereocenters. The van der Waals surface area contributed by atoms with Gasteiger partial charge in [-0.1, -0.05) is 30.3 Å². The van der Waals surface area contributed by atoms with Crippen molar-refractivity contribution in [3.05, 3.63) is 70.8 Å². The van der Waals surface area contributed by atoms with Crippen LogP contribution in [0.15, 0.2) is 48.5 Å². The number of rotatable bonds is 4. The Morgan fingerprint density at radius 1 is 0.775 bits per heavy atom.